The molecule has 9 heteroatoms. The molecule has 1 aromatic rings. The van der Waals surface area contributed by atoms with E-state index in [1.54, 1.807) is 0 Å². The van der Waals surface area contributed by atoms with E-state index in [1.807, 2.05) is 0 Å². The smallest absolute Gasteiger partial charge is 0.494 e. The van der Waals surface area contributed by atoms with Crippen LogP contribution in [0.4, 0.5) is 13.2 Å². The molecular formula is C16H23F3O5S. The summed E-state index contributed by atoms with van der Waals surface area (Å²) in [5.41, 5.74) is 0. The summed E-state index contributed by atoms with van der Waals surface area (Å²) in [6.07, 6.45) is 1.20. The van der Waals surface area contributed by atoms with Crippen molar-refractivity contribution in [2.75, 3.05) is 12.4 Å². The Morgan fingerprint density at radius 1 is 0.840 bits per heavy atom. The van der Waals surface area contributed by atoms with Gasteiger partial charge in [0.15, 0.2) is 0 Å². The molecule has 1 rings (SSSR count). The highest BCUT2D eigenvalue weighted by atomic mass is 32.2. The fourth-order valence-corrected chi connectivity index (χ4v) is 2.77. The molecule has 1 aromatic carbocycles. The van der Waals surface area contributed by atoms with Gasteiger partial charge in [-0.3, -0.25) is 4.55 Å². The van der Waals surface area contributed by atoms with Crippen molar-refractivity contribution in [2.45, 2.75) is 51.3 Å². The second kappa shape index (κ2) is 10.5. The number of unbranched alkanes of at least 4 members (excludes halogenated alkanes) is 6. The quantitative estimate of drug-likeness (QED) is 0.422. The molecule has 0 aromatic heterocycles. The maximum absolute atomic E-state index is 12.0. The highest BCUT2D eigenvalue weighted by molar-refractivity contribution is 7.85. The van der Waals surface area contributed by atoms with Gasteiger partial charge in [-0.15, -0.1) is 13.2 Å². The molecule has 0 aliphatic rings. The zero-order valence-electron chi connectivity index (χ0n) is 13.8. The molecule has 25 heavy (non-hydrogen) atoms. The standard InChI is InChI=1S/C16H23F3O5S/c17-16(18,19)24-15-10-8-14(9-11-15)23-12-6-4-2-1-3-5-7-13-25(20,21)22/h8-11H,1-7,12-13H2,(H,20,21,22). The summed E-state index contributed by atoms with van der Waals surface area (Å²) in [5, 5.41) is 0. The normalized spacial score (nSPS) is 12.2. The summed E-state index contributed by atoms with van der Waals surface area (Å²) in [7, 11) is -3.85. The minimum atomic E-state index is -4.70. The van der Waals surface area contributed by atoms with Crippen LogP contribution in [0.5, 0.6) is 11.5 Å². The van der Waals surface area contributed by atoms with Crippen molar-refractivity contribution in [3.05, 3.63) is 24.3 Å². The Hall–Kier alpha value is -1.48. The van der Waals surface area contributed by atoms with Gasteiger partial charge in [-0.1, -0.05) is 32.1 Å². The van der Waals surface area contributed by atoms with Gasteiger partial charge in [-0.05, 0) is 37.1 Å². The van der Waals surface area contributed by atoms with Gasteiger partial charge in [0.1, 0.15) is 11.5 Å². The number of rotatable bonds is 12. The van der Waals surface area contributed by atoms with Gasteiger partial charge in [-0.2, -0.15) is 8.42 Å². The molecule has 0 heterocycles. The molecule has 0 fully saturated rings. The van der Waals surface area contributed by atoms with E-state index in [0.717, 1.165) is 38.5 Å². The lowest BCUT2D eigenvalue weighted by atomic mass is 10.1. The van der Waals surface area contributed by atoms with E-state index >= 15 is 0 Å². The molecule has 5 nitrogen and oxygen atoms in total. The summed E-state index contributed by atoms with van der Waals surface area (Å²) in [4.78, 5) is 0. The van der Waals surface area contributed by atoms with Crippen molar-refractivity contribution in [2.24, 2.45) is 0 Å². The fourth-order valence-electron chi connectivity index (χ4n) is 2.20. The lowest BCUT2D eigenvalue weighted by Gasteiger charge is -2.10. The number of hydrogen-bond donors (Lipinski definition) is 1. The maximum Gasteiger partial charge on any atom is 0.573 e. The van der Waals surface area contributed by atoms with E-state index in [9.17, 15) is 21.6 Å². The van der Waals surface area contributed by atoms with Gasteiger partial charge >= 0.3 is 6.36 Å². The third-order valence-electron chi connectivity index (χ3n) is 3.37. The molecule has 0 atom stereocenters. The Bertz CT molecular complexity index is 585. The van der Waals surface area contributed by atoms with Gasteiger partial charge in [0, 0.05) is 0 Å². The number of benzene rings is 1. The molecular weight excluding hydrogens is 361 g/mol. The zero-order chi connectivity index (χ0) is 18.8. The van der Waals surface area contributed by atoms with E-state index in [2.05, 4.69) is 4.74 Å². The number of halogens is 3. The van der Waals surface area contributed by atoms with E-state index in [0.29, 0.717) is 18.8 Å². The summed E-state index contributed by atoms with van der Waals surface area (Å²) in [6.45, 7) is 0.474. The topological polar surface area (TPSA) is 72.8 Å². The second-order valence-corrected chi connectivity index (χ2v) is 7.20. The summed E-state index contributed by atoms with van der Waals surface area (Å²) in [5.74, 6) is 0.0155. The Kier molecular flexibility index (Phi) is 9.05. The Balaban J connectivity index is 2.03. The van der Waals surface area contributed by atoms with Crippen molar-refractivity contribution in [1.29, 1.82) is 0 Å². The second-order valence-electron chi connectivity index (χ2n) is 5.63. The first kappa shape index (κ1) is 21.6. The first-order valence-electron chi connectivity index (χ1n) is 8.09. The van der Waals surface area contributed by atoms with Gasteiger partial charge in [0.05, 0.1) is 12.4 Å². The van der Waals surface area contributed by atoms with Crippen LogP contribution in [-0.2, 0) is 10.1 Å². The lowest BCUT2D eigenvalue weighted by Crippen LogP contribution is -2.16. The molecule has 144 valence electrons. The molecule has 0 saturated heterocycles. The third kappa shape index (κ3) is 12.5. The molecule has 0 saturated carbocycles. The van der Waals surface area contributed by atoms with Crippen LogP contribution in [0, 0.1) is 0 Å². The van der Waals surface area contributed by atoms with Crippen LogP contribution in [0.15, 0.2) is 24.3 Å². The molecule has 0 spiro atoms. The highest BCUT2D eigenvalue weighted by Crippen LogP contribution is 2.24. The minimum absolute atomic E-state index is 0.187. The molecule has 0 amide bonds. The maximum atomic E-state index is 12.0. The highest BCUT2D eigenvalue weighted by Gasteiger charge is 2.30. The van der Waals surface area contributed by atoms with Crippen molar-refractivity contribution in [3.63, 3.8) is 0 Å². The first-order valence-corrected chi connectivity index (χ1v) is 9.70. The predicted octanol–water partition coefficient (Wildman–Crippen LogP) is 4.58. The van der Waals surface area contributed by atoms with Crippen LogP contribution >= 0.6 is 0 Å². The van der Waals surface area contributed by atoms with Crippen LogP contribution in [0.25, 0.3) is 0 Å². The average Bonchev–Trinajstić information content (AvgIpc) is 2.48. The number of ether oxygens (including phenoxy) is 2. The Morgan fingerprint density at radius 3 is 1.84 bits per heavy atom. The van der Waals surface area contributed by atoms with Crippen LogP contribution < -0.4 is 9.47 Å². The van der Waals surface area contributed by atoms with Gasteiger partial charge in [-0.25, -0.2) is 0 Å². The predicted molar refractivity (Wildman–Crippen MR) is 87.4 cm³/mol. The SMILES string of the molecule is O=S(=O)(O)CCCCCCCCCOc1ccc(OC(F)(F)F)cc1. The molecule has 0 aliphatic heterocycles. The number of alkyl halides is 3. The van der Waals surface area contributed by atoms with E-state index < -0.39 is 16.5 Å². The molecule has 0 bridgehead atoms. The third-order valence-corrected chi connectivity index (χ3v) is 4.18. The van der Waals surface area contributed by atoms with E-state index in [-0.39, 0.29) is 11.5 Å². The summed E-state index contributed by atoms with van der Waals surface area (Å²) < 4.78 is 74.9. The zero-order valence-corrected chi connectivity index (χ0v) is 14.6. The number of hydrogen-bond acceptors (Lipinski definition) is 4. The lowest BCUT2D eigenvalue weighted by molar-refractivity contribution is -0.274. The van der Waals surface area contributed by atoms with Gasteiger partial charge < -0.3 is 9.47 Å². The van der Waals surface area contributed by atoms with Gasteiger partial charge in [0.25, 0.3) is 10.1 Å². The minimum Gasteiger partial charge on any atom is -0.494 e. The van der Waals surface area contributed by atoms with E-state index in [4.69, 9.17) is 9.29 Å². The van der Waals surface area contributed by atoms with Crippen LogP contribution in [0.1, 0.15) is 44.9 Å². The van der Waals surface area contributed by atoms with E-state index in [1.165, 1.54) is 24.3 Å². The summed E-state index contributed by atoms with van der Waals surface area (Å²) in [6, 6.07) is 5.26. The van der Waals surface area contributed by atoms with Gasteiger partial charge in [0.2, 0.25) is 0 Å². The monoisotopic (exact) mass is 384 g/mol. The summed E-state index contributed by atoms with van der Waals surface area (Å²) >= 11 is 0. The molecule has 0 aliphatic carbocycles. The molecule has 1 N–H and O–H groups in total. The molecule has 0 radical (unpaired) electrons. The average molecular weight is 384 g/mol. The van der Waals surface area contributed by atoms with Crippen LogP contribution in [0.2, 0.25) is 0 Å². The largest absolute Gasteiger partial charge is 0.573 e. The fraction of sp³-hybridized carbons (Fsp3) is 0.625. The van der Waals surface area contributed by atoms with Crippen LogP contribution in [0.3, 0.4) is 0 Å². The van der Waals surface area contributed by atoms with Crippen molar-refractivity contribution < 1.29 is 35.6 Å². The Morgan fingerprint density at radius 2 is 1.32 bits per heavy atom. The molecule has 0 unspecified atom stereocenters. The Labute approximate surface area is 145 Å². The first-order chi connectivity index (χ1) is 11.7. The van der Waals surface area contributed by atoms with Crippen molar-refractivity contribution in [1.82, 2.24) is 0 Å². The van der Waals surface area contributed by atoms with Crippen molar-refractivity contribution >= 4 is 10.1 Å². The van der Waals surface area contributed by atoms with Crippen LogP contribution in [-0.4, -0.2) is 31.7 Å². The van der Waals surface area contributed by atoms with Crippen molar-refractivity contribution in [3.8, 4) is 11.5 Å².